The molecule has 4 nitrogen and oxygen atoms in total. The Morgan fingerprint density at radius 2 is 2.00 bits per heavy atom. The zero-order valence-electron chi connectivity index (χ0n) is 10.2. The average Bonchev–Trinajstić information content (AvgIpc) is 2.29. The Hall–Kier alpha value is -1.49. The molecule has 5 heteroatoms. The summed E-state index contributed by atoms with van der Waals surface area (Å²) in [4.78, 5) is 25.1. The molecule has 0 fully saturated rings. The summed E-state index contributed by atoms with van der Waals surface area (Å²) in [5.74, 6) is -0.317. The van der Waals surface area contributed by atoms with E-state index in [0.717, 1.165) is 10.6 Å². The van der Waals surface area contributed by atoms with Crippen LogP contribution >= 0.6 is 11.8 Å². The van der Waals surface area contributed by atoms with Crippen LogP contribution in [0.25, 0.3) is 0 Å². The summed E-state index contributed by atoms with van der Waals surface area (Å²) in [5.41, 5.74) is 0.780. The van der Waals surface area contributed by atoms with Gasteiger partial charge in [-0.05, 0) is 18.4 Å². The molecule has 0 radical (unpaired) electrons. The lowest BCUT2D eigenvalue weighted by molar-refractivity contribution is -0.131. The number of nitrogens with one attached hydrogen (secondary N) is 1. The van der Waals surface area contributed by atoms with Gasteiger partial charge < -0.3 is 10.2 Å². The van der Waals surface area contributed by atoms with E-state index in [1.54, 1.807) is 18.8 Å². The number of rotatable bonds is 4. The van der Waals surface area contributed by atoms with Gasteiger partial charge in [-0.1, -0.05) is 12.1 Å². The van der Waals surface area contributed by atoms with Crippen LogP contribution in [0.1, 0.15) is 6.92 Å². The maximum Gasteiger partial charge on any atom is 0.244 e. The first-order valence-electron chi connectivity index (χ1n) is 5.19. The van der Waals surface area contributed by atoms with E-state index in [9.17, 15) is 9.59 Å². The van der Waals surface area contributed by atoms with E-state index < -0.39 is 0 Å². The van der Waals surface area contributed by atoms with Crippen molar-refractivity contribution in [1.82, 2.24) is 4.90 Å². The second-order valence-corrected chi connectivity index (χ2v) is 4.47. The summed E-state index contributed by atoms with van der Waals surface area (Å²) in [7, 11) is 1.60. The molecular weight excluding hydrogens is 236 g/mol. The number of likely N-dealkylation sites (N-methyl/N-ethyl adjacent to an activating group) is 1. The van der Waals surface area contributed by atoms with Gasteiger partial charge in [0, 0.05) is 18.9 Å². The predicted octanol–water partition coefficient (Wildman–Crippen LogP) is 1.83. The Morgan fingerprint density at radius 3 is 2.59 bits per heavy atom. The molecule has 0 aliphatic heterocycles. The quantitative estimate of drug-likeness (QED) is 0.832. The van der Waals surface area contributed by atoms with Crippen molar-refractivity contribution in [2.45, 2.75) is 11.8 Å². The average molecular weight is 252 g/mol. The molecule has 1 rings (SSSR count). The van der Waals surface area contributed by atoms with E-state index in [2.05, 4.69) is 5.32 Å². The summed E-state index contributed by atoms with van der Waals surface area (Å²) in [5, 5.41) is 2.79. The van der Waals surface area contributed by atoms with Crippen LogP contribution in [0.2, 0.25) is 0 Å². The molecule has 0 spiro atoms. The molecule has 0 aromatic heterocycles. The minimum atomic E-state index is -0.191. The molecule has 0 unspecified atom stereocenters. The summed E-state index contributed by atoms with van der Waals surface area (Å²) < 4.78 is 0. The largest absolute Gasteiger partial charge is 0.337 e. The van der Waals surface area contributed by atoms with Gasteiger partial charge in [-0.15, -0.1) is 11.8 Å². The van der Waals surface area contributed by atoms with Crippen LogP contribution in [-0.4, -0.2) is 36.6 Å². The number of thioether (sulfide) groups is 1. The minimum Gasteiger partial charge on any atom is -0.337 e. The zero-order chi connectivity index (χ0) is 12.8. The Bertz CT molecular complexity index is 421. The first-order valence-corrected chi connectivity index (χ1v) is 6.41. The number of carbonyl (C=O) groups is 2. The van der Waals surface area contributed by atoms with Gasteiger partial charge in [-0.3, -0.25) is 9.59 Å². The van der Waals surface area contributed by atoms with Crippen LogP contribution < -0.4 is 5.32 Å². The molecular formula is C12H16N2O2S. The monoisotopic (exact) mass is 252 g/mol. The molecule has 0 heterocycles. The molecule has 2 amide bonds. The molecule has 1 aromatic carbocycles. The first kappa shape index (κ1) is 13.6. The van der Waals surface area contributed by atoms with Crippen LogP contribution in [0.4, 0.5) is 5.69 Å². The van der Waals surface area contributed by atoms with E-state index in [-0.39, 0.29) is 18.4 Å². The second-order valence-electron chi connectivity index (χ2n) is 3.62. The lowest BCUT2D eigenvalue weighted by atomic mass is 10.3. The smallest absolute Gasteiger partial charge is 0.244 e. The number of hydrogen-bond acceptors (Lipinski definition) is 3. The Balaban J connectivity index is 2.65. The topological polar surface area (TPSA) is 49.4 Å². The van der Waals surface area contributed by atoms with E-state index in [1.165, 1.54) is 11.8 Å². The van der Waals surface area contributed by atoms with Gasteiger partial charge in [-0.2, -0.15) is 0 Å². The van der Waals surface area contributed by atoms with Crippen molar-refractivity contribution >= 4 is 29.3 Å². The molecule has 0 aliphatic carbocycles. The molecule has 92 valence electrons. The number of carbonyl (C=O) groups excluding carboxylic acids is 2. The number of para-hydroxylation sites is 1. The normalized spacial score (nSPS) is 9.82. The van der Waals surface area contributed by atoms with Crippen molar-refractivity contribution in [1.29, 1.82) is 0 Å². The zero-order valence-corrected chi connectivity index (χ0v) is 11.0. The van der Waals surface area contributed by atoms with Gasteiger partial charge in [0.2, 0.25) is 11.8 Å². The fourth-order valence-corrected chi connectivity index (χ4v) is 1.82. The highest BCUT2D eigenvalue weighted by molar-refractivity contribution is 7.98. The number of nitrogens with zero attached hydrogens (tertiary/aromatic N) is 1. The number of anilines is 1. The Morgan fingerprint density at radius 1 is 1.35 bits per heavy atom. The SMILES string of the molecule is CSc1ccccc1NC(=O)CN(C)C(C)=O. The van der Waals surface area contributed by atoms with Crippen molar-refractivity contribution < 1.29 is 9.59 Å². The third kappa shape index (κ3) is 4.11. The van der Waals surface area contributed by atoms with Gasteiger partial charge in [-0.25, -0.2) is 0 Å². The molecule has 0 aliphatic rings. The van der Waals surface area contributed by atoms with Gasteiger partial charge in [0.25, 0.3) is 0 Å². The van der Waals surface area contributed by atoms with E-state index in [0.29, 0.717) is 0 Å². The second kappa shape index (κ2) is 6.30. The molecule has 0 saturated heterocycles. The minimum absolute atomic E-state index is 0.0675. The number of hydrogen-bond donors (Lipinski definition) is 1. The maximum atomic E-state index is 11.7. The highest BCUT2D eigenvalue weighted by atomic mass is 32.2. The predicted molar refractivity (Wildman–Crippen MR) is 70.2 cm³/mol. The molecule has 1 aromatic rings. The summed E-state index contributed by atoms with van der Waals surface area (Å²) in [6.07, 6.45) is 1.95. The number of benzene rings is 1. The van der Waals surface area contributed by atoms with Crippen LogP contribution in [0.5, 0.6) is 0 Å². The van der Waals surface area contributed by atoms with Crippen molar-refractivity contribution in [3.63, 3.8) is 0 Å². The summed E-state index contributed by atoms with van der Waals surface area (Å²) in [6, 6.07) is 7.57. The van der Waals surface area contributed by atoms with E-state index in [4.69, 9.17) is 0 Å². The Labute approximate surface area is 105 Å². The standard InChI is InChI=1S/C12H16N2O2S/c1-9(15)14(2)8-12(16)13-10-6-4-5-7-11(10)17-3/h4-7H,8H2,1-3H3,(H,13,16). The lowest BCUT2D eigenvalue weighted by Crippen LogP contribution is -2.33. The highest BCUT2D eigenvalue weighted by Crippen LogP contribution is 2.24. The van der Waals surface area contributed by atoms with E-state index in [1.807, 2.05) is 30.5 Å². The van der Waals surface area contributed by atoms with Gasteiger partial charge in [0.15, 0.2) is 0 Å². The summed E-state index contributed by atoms with van der Waals surface area (Å²) >= 11 is 1.57. The Kier molecular flexibility index (Phi) is 5.03. The summed E-state index contributed by atoms with van der Waals surface area (Å²) in [6.45, 7) is 1.50. The maximum absolute atomic E-state index is 11.7. The van der Waals surface area contributed by atoms with Gasteiger partial charge in [0.05, 0.1) is 12.2 Å². The van der Waals surface area contributed by atoms with Crippen LogP contribution in [0, 0.1) is 0 Å². The van der Waals surface area contributed by atoms with Crippen molar-refractivity contribution in [2.75, 3.05) is 25.2 Å². The van der Waals surface area contributed by atoms with E-state index >= 15 is 0 Å². The van der Waals surface area contributed by atoms with Crippen molar-refractivity contribution in [2.24, 2.45) is 0 Å². The molecule has 0 atom stereocenters. The van der Waals surface area contributed by atoms with Gasteiger partial charge >= 0.3 is 0 Å². The lowest BCUT2D eigenvalue weighted by Gasteiger charge is -2.15. The molecule has 0 saturated carbocycles. The fraction of sp³-hybridized carbons (Fsp3) is 0.333. The first-order chi connectivity index (χ1) is 8.04. The van der Waals surface area contributed by atoms with Crippen molar-refractivity contribution in [3.05, 3.63) is 24.3 Å². The van der Waals surface area contributed by atoms with Crippen LogP contribution in [-0.2, 0) is 9.59 Å². The molecule has 1 N–H and O–H groups in total. The number of amides is 2. The third-order valence-electron chi connectivity index (χ3n) is 2.30. The third-order valence-corrected chi connectivity index (χ3v) is 3.10. The molecule has 17 heavy (non-hydrogen) atoms. The van der Waals surface area contributed by atoms with Crippen LogP contribution in [0.15, 0.2) is 29.2 Å². The van der Waals surface area contributed by atoms with Gasteiger partial charge in [0.1, 0.15) is 0 Å². The fourth-order valence-electron chi connectivity index (χ4n) is 1.26. The van der Waals surface area contributed by atoms with Crippen molar-refractivity contribution in [3.8, 4) is 0 Å². The van der Waals surface area contributed by atoms with Crippen LogP contribution in [0.3, 0.4) is 0 Å². The highest BCUT2D eigenvalue weighted by Gasteiger charge is 2.10. The molecule has 0 bridgehead atoms.